The van der Waals surface area contributed by atoms with Gasteiger partial charge in [0.1, 0.15) is 0 Å². The van der Waals surface area contributed by atoms with Gasteiger partial charge in [0.15, 0.2) is 0 Å². The van der Waals surface area contributed by atoms with Crippen molar-refractivity contribution in [2.75, 3.05) is 0 Å². The molecule has 0 radical (unpaired) electrons. The molecule has 3 unspecified atom stereocenters. The normalized spacial score (nSPS) is 36.6. The lowest BCUT2D eigenvalue weighted by Crippen LogP contribution is -2.37. The average Bonchev–Trinajstić information content (AvgIpc) is 2.79. The Morgan fingerprint density at radius 3 is 2.65 bits per heavy atom. The molecule has 3 rings (SSSR count). The molecule has 0 aromatic carbocycles. The van der Waals surface area contributed by atoms with Crippen LogP contribution in [-0.2, 0) is 9.53 Å². The first-order valence-electron chi connectivity index (χ1n) is 9.06. The van der Waals surface area contributed by atoms with Crippen LogP contribution in [-0.4, -0.2) is 17.4 Å². The third-order valence-electron chi connectivity index (χ3n) is 6.80. The summed E-state index contributed by atoms with van der Waals surface area (Å²) in [7, 11) is 0. The van der Waals surface area contributed by atoms with E-state index in [1.54, 1.807) is 11.1 Å². The number of cyclic esters (lactones) is 1. The Balaban J connectivity index is 1.86. The van der Waals surface area contributed by atoms with E-state index in [0.717, 1.165) is 18.4 Å². The lowest BCUT2D eigenvalue weighted by molar-refractivity contribution is -0.151. The second kappa shape index (κ2) is 5.77. The summed E-state index contributed by atoms with van der Waals surface area (Å²) < 4.78 is 4.83. The van der Waals surface area contributed by atoms with Gasteiger partial charge in [-0.15, -0.1) is 0 Å². The minimum absolute atomic E-state index is 0.178. The monoisotopic (exact) mass is 318 g/mol. The molecule has 0 aromatic rings. The van der Waals surface area contributed by atoms with Crippen LogP contribution in [0.25, 0.3) is 0 Å². The number of aliphatic hydroxyl groups excluding tert-OH is 1. The molecule has 3 aliphatic rings. The van der Waals surface area contributed by atoms with Crippen molar-refractivity contribution < 1.29 is 14.6 Å². The number of allylic oxidation sites excluding steroid dienone is 2. The van der Waals surface area contributed by atoms with Crippen molar-refractivity contribution in [1.29, 1.82) is 0 Å². The number of esters is 1. The second-order valence-corrected chi connectivity index (χ2v) is 8.56. The van der Waals surface area contributed by atoms with Gasteiger partial charge in [0.25, 0.3) is 0 Å². The maximum absolute atomic E-state index is 11.3. The predicted molar refractivity (Wildman–Crippen MR) is 90.6 cm³/mol. The van der Waals surface area contributed by atoms with Crippen LogP contribution in [0.15, 0.2) is 22.8 Å². The lowest BCUT2D eigenvalue weighted by atomic mass is 9.55. The molecular formula is C20H30O3. The van der Waals surface area contributed by atoms with Crippen molar-refractivity contribution in [3.8, 4) is 0 Å². The van der Waals surface area contributed by atoms with Crippen molar-refractivity contribution in [2.45, 2.75) is 78.9 Å². The Labute approximate surface area is 139 Å². The standard InChI is InChI=1S/C20H30O3/c1-13-7-8-15-16(6-5-10-19(15,2)3)20(13,4)11-9-14-12-17(21)23-18(14)22/h12-13,18,22H,5-11H2,1-4H3. The van der Waals surface area contributed by atoms with Gasteiger partial charge in [-0.05, 0) is 61.7 Å². The van der Waals surface area contributed by atoms with Crippen LogP contribution in [0.5, 0.6) is 0 Å². The van der Waals surface area contributed by atoms with Crippen molar-refractivity contribution in [3.63, 3.8) is 0 Å². The topological polar surface area (TPSA) is 46.5 Å². The number of hydrogen-bond donors (Lipinski definition) is 1. The number of aliphatic hydroxyl groups is 1. The highest BCUT2D eigenvalue weighted by Crippen LogP contribution is 2.56. The fourth-order valence-electron chi connectivity index (χ4n) is 4.95. The predicted octanol–water partition coefficient (Wildman–Crippen LogP) is 4.51. The highest BCUT2D eigenvalue weighted by molar-refractivity contribution is 5.85. The van der Waals surface area contributed by atoms with Crippen molar-refractivity contribution in [2.24, 2.45) is 16.7 Å². The van der Waals surface area contributed by atoms with Gasteiger partial charge in [-0.1, -0.05) is 38.8 Å². The first-order valence-corrected chi connectivity index (χ1v) is 9.06. The summed E-state index contributed by atoms with van der Waals surface area (Å²) in [6.45, 7) is 9.56. The van der Waals surface area contributed by atoms with Gasteiger partial charge in [-0.3, -0.25) is 0 Å². The lowest BCUT2D eigenvalue weighted by Gasteiger charge is -2.50. The number of ether oxygens (including phenoxy) is 1. The number of hydrogen-bond acceptors (Lipinski definition) is 3. The van der Waals surface area contributed by atoms with E-state index < -0.39 is 12.3 Å². The molecule has 1 aliphatic heterocycles. The number of carbonyl (C=O) groups is 1. The molecule has 128 valence electrons. The van der Waals surface area contributed by atoms with Crippen LogP contribution in [0.3, 0.4) is 0 Å². The molecule has 3 nitrogen and oxygen atoms in total. The molecular weight excluding hydrogens is 288 g/mol. The smallest absolute Gasteiger partial charge is 0.333 e. The summed E-state index contributed by atoms with van der Waals surface area (Å²) in [5, 5.41) is 9.83. The molecule has 3 atom stereocenters. The van der Waals surface area contributed by atoms with E-state index in [1.807, 2.05) is 0 Å². The third-order valence-corrected chi connectivity index (χ3v) is 6.80. The largest absolute Gasteiger partial charge is 0.429 e. The van der Waals surface area contributed by atoms with E-state index in [4.69, 9.17) is 4.74 Å². The summed E-state index contributed by atoms with van der Waals surface area (Å²) in [5.41, 5.74) is 4.62. The fourth-order valence-corrected chi connectivity index (χ4v) is 4.95. The molecule has 0 amide bonds. The summed E-state index contributed by atoms with van der Waals surface area (Å²) in [6, 6.07) is 0. The van der Waals surface area contributed by atoms with Crippen LogP contribution >= 0.6 is 0 Å². The zero-order valence-electron chi connectivity index (χ0n) is 14.9. The Morgan fingerprint density at radius 2 is 2.00 bits per heavy atom. The van der Waals surface area contributed by atoms with E-state index in [1.165, 1.54) is 38.2 Å². The second-order valence-electron chi connectivity index (χ2n) is 8.56. The first kappa shape index (κ1) is 16.8. The van der Waals surface area contributed by atoms with Gasteiger partial charge in [0.2, 0.25) is 6.29 Å². The molecule has 3 heteroatoms. The average molecular weight is 318 g/mol. The van der Waals surface area contributed by atoms with E-state index >= 15 is 0 Å². The maximum atomic E-state index is 11.3. The molecule has 1 heterocycles. The van der Waals surface area contributed by atoms with Crippen LogP contribution < -0.4 is 0 Å². The van der Waals surface area contributed by atoms with Gasteiger partial charge < -0.3 is 9.84 Å². The van der Waals surface area contributed by atoms with Gasteiger partial charge in [0, 0.05) is 11.6 Å². The number of carbonyl (C=O) groups excluding carboxylic acids is 1. The zero-order chi connectivity index (χ0) is 16.8. The summed E-state index contributed by atoms with van der Waals surface area (Å²) in [6.07, 6.45) is 8.46. The minimum atomic E-state index is -1.03. The first-order chi connectivity index (χ1) is 10.7. The Kier molecular flexibility index (Phi) is 4.20. The molecule has 0 spiro atoms. The van der Waals surface area contributed by atoms with E-state index in [0.29, 0.717) is 11.3 Å². The van der Waals surface area contributed by atoms with Gasteiger partial charge in [0.05, 0.1) is 0 Å². The molecule has 0 fully saturated rings. The third kappa shape index (κ3) is 2.88. The van der Waals surface area contributed by atoms with Crippen LogP contribution in [0, 0.1) is 16.7 Å². The molecule has 0 saturated carbocycles. The van der Waals surface area contributed by atoms with Crippen LogP contribution in [0.4, 0.5) is 0 Å². The quantitative estimate of drug-likeness (QED) is 0.615. The number of rotatable bonds is 3. The molecule has 0 aromatic heterocycles. The van der Waals surface area contributed by atoms with Crippen LogP contribution in [0.2, 0.25) is 0 Å². The minimum Gasteiger partial charge on any atom is -0.429 e. The molecule has 23 heavy (non-hydrogen) atoms. The fraction of sp³-hybridized carbons (Fsp3) is 0.750. The zero-order valence-corrected chi connectivity index (χ0v) is 14.9. The molecule has 0 bridgehead atoms. The summed E-state index contributed by atoms with van der Waals surface area (Å²) >= 11 is 0. The van der Waals surface area contributed by atoms with Gasteiger partial charge in [-0.25, -0.2) is 4.79 Å². The Morgan fingerprint density at radius 1 is 1.26 bits per heavy atom. The summed E-state index contributed by atoms with van der Waals surface area (Å²) in [5.74, 6) is 0.235. The Hall–Kier alpha value is -1.09. The van der Waals surface area contributed by atoms with Crippen molar-refractivity contribution >= 4 is 5.97 Å². The molecule has 2 aliphatic carbocycles. The van der Waals surface area contributed by atoms with Crippen molar-refractivity contribution in [3.05, 3.63) is 22.8 Å². The molecule has 1 N–H and O–H groups in total. The highest BCUT2D eigenvalue weighted by Gasteiger charge is 2.44. The van der Waals surface area contributed by atoms with E-state index in [9.17, 15) is 9.90 Å². The highest BCUT2D eigenvalue weighted by atomic mass is 16.6. The van der Waals surface area contributed by atoms with Gasteiger partial charge in [-0.2, -0.15) is 0 Å². The van der Waals surface area contributed by atoms with Crippen LogP contribution in [0.1, 0.15) is 72.6 Å². The van der Waals surface area contributed by atoms with Gasteiger partial charge >= 0.3 is 5.97 Å². The Bertz CT molecular complexity index is 569. The molecule has 0 saturated heterocycles. The van der Waals surface area contributed by atoms with Crippen molar-refractivity contribution in [1.82, 2.24) is 0 Å². The SMILES string of the molecule is CC1CCC2=C(CCCC2(C)C)C1(C)CCC1=CC(=O)OC1O. The van der Waals surface area contributed by atoms with E-state index in [-0.39, 0.29) is 5.41 Å². The maximum Gasteiger partial charge on any atom is 0.333 e. The summed E-state index contributed by atoms with van der Waals surface area (Å²) in [4.78, 5) is 11.3. The van der Waals surface area contributed by atoms with E-state index in [2.05, 4.69) is 27.7 Å².